The van der Waals surface area contributed by atoms with Crippen LogP contribution in [0, 0.1) is 5.82 Å². The van der Waals surface area contributed by atoms with E-state index in [0.29, 0.717) is 45.7 Å². The predicted octanol–water partition coefficient (Wildman–Crippen LogP) is 5.11. The Morgan fingerprint density at radius 2 is 2.02 bits per heavy atom. The van der Waals surface area contributed by atoms with Gasteiger partial charge in [0.25, 0.3) is 0 Å². The first kappa shape index (κ1) is 30.3. The molecule has 1 saturated carbocycles. The van der Waals surface area contributed by atoms with Gasteiger partial charge in [-0.2, -0.15) is 0 Å². The molecule has 1 unspecified atom stereocenters. The van der Waals surface area contributed by atoms with Gasteiger partial charge in [-0.3, -0.25) is 4.79 Å². The molecule has 0 amide bonds. The average molecular weight is 573 g/mol. The highest BCUT2D eigenvalue weighted by atomic mass is 32.2. The third kappa shape index (κ3) is 7.75. The molecule has 1 aliphatic carbocycles. The number of methoxy groups -OCH3 is 1. The van der Waals surface area contributed by atoms with E-state index in [4.69, 9.17) is 15.2 Å². The number of hydrogen-bond donors (Lipinski definition) is 3. The lowest BCUT2D eigenvalue weighted by molar-refractivity contribution is -0.115. The van der Waals surface area contributed by atoms with Crippen LogP contribution in [0.3, 0.4) is 0 Å². The minimum Gasteiger partial charge on any atom is -0.488 e. The molecular formula is C30H41FN4O4S. The number of ketones is 1. The number of anilines is 1. The third-order valence-electron chi connectivity index (χ3n) is 7.70. The number of allylic oxidation sites excluding steroid dienone is 2. The van der Waals surface area contributed by atoms with Gasteiger partial charge in [-0.25, -0.2) is 9.38 Å². The van der Waals surface area contributed by atoms with Crippen LogP contribution in [-0.2, 0) is 9.53 Å². The summed E-state index contributed by atoms with van der Waals surface area (Å²) in [5.74, 6) is 0.356. The molecule has 2 heterocycles. The number of likely N-dealkylation sites (tertiary alicyclic amines) is 1. The summed E-state index contributed by atoms with van der Waals surface area (Å²) in [6.07, 6.45) is 7.75. The average Bonchev–Trinajstić information content (AvgIpc) is 3.50. The van der Waals surface area contributed by atoms with Crippen LogP contribution in [0.15, 0.2) is 57.8 Å². The van der Waals surface area contributed by atoms with Crippen molar-refractivity contribution in [1.29, 1.82) is 0 Å². The number of aliphatic imine (C=N–C) groups is 1. The van der Waals surface area contributed by atoms with Crippen LogP contribution in [0.5, 0.6) is 5.75 Å². The quantitative estimate of drug-likeness (QED) is 0.297. The lowest BCUT2D eigenvalue weighted by Gasteiger charge is -2.29. The zero-order chi connectivity index (χ0) is 28.6. The summed E-state index contributed by atoms with van der Waals surface area (Å²) in [5, 5.41) is 13.5. The summed E-state index contributed by atoms with van der Waals surface area (Å²) in [6, 6.07) is 4.33. The van der Waals surface area contributed by atoms with Crippen molar-refractivity contribution < 1.29 is 23.8 Å². The number of carbonyl (C=O) groups excluding carboxylic acids is 1. The van der Waals surface area contributed by atoms with Crippen molar-refractivity contribution in [2.45, 2.75) is 76.6 Å². The second-order valence-corrected chi connectivity index (χ2v) is 11.6. The number of hydrogen-bond acceptors (Lipinski definition) is 9. The Hall–Kier alpha value is -2.66. The number of Topliss-reactive ketones (excluding diaryl/α,β-unsaturated/α-hetero) is 1. The van der Waals surface area contributed by atoms with Gasteiger partial charge >= 0.3 is 0 Å². The van der Waals surface area contributed by atoms with E-state index in [1.54, 1.807) is 13.2 Å². The molecule has 10 heteroatoms. The van der Waals surface area contributed by atoms with Crippen LogP contribution in [0.1, 0.15) is 58.3 Å². The fourth-order valence-electron chi connectivity index (χ4n) is 5.47. The molecule has 0 aromatic heterocycles. The van der Waals surface area contributed by atoms with Crippen LogP contribution in [-0.4, -0.2) is 65.9 Å². The Bertz CT molecular complexity index is 1180. The van der Waals surface area contributed by atoms with Gasteiger partial charge in [0.05, 0.1) is 34.5 Å². The van der Waals surface area contributed by atoms with Crippen molar-refractivity contribution in [2.24, 2.45) is 10.7 Å². The monoisotopic (exact) mass is 572 g/mol. The van der Waals surface area contributed by atoms with Crippen molar-refractivity contribution in [2.75, 3.05) is 32.1 Å². The van der Waals surface area contributed by atoms with Gasteiger partial charge in [0.15, 0.2) is 5.78 Å². The maximum atomic E-state index is 14.2. The molecule has 218 valence electrons. The number of thioether (sulfide) groups is 1. The number of nitrogens with two attached hydrogens (primary N) is 1. The molecule has 0 radical (unpaired) electrons. The number of aliphatic hydroxyl groups excluding tert-OH is 1. The minimum absolute atomic E-state index is 0.0380. The molecule has 1 aromatic rings. The van der Waals surface area contributed by atoms with Crippen LogP contribution >= 0.6 is 11.8 Å². The number of rotatable bonds is 12. The van der Waals surface area contributed by atoms with E-state index in [1.165, 1.54) is 30.1 Å². The minimum atomic E-state index is -0.396. The zero-order valence-electron chi connectivity index (χ0n) is 23.5. The third-order valence-corrected chi connectivity index (χ3v) is 8.94. The molecule has 3 aliphatic rings. The largest absolute Gasteiger partial charge is 0.488 e. The zero-order valence-corrected chi connectivity index (χ0v) is 24.3. The maximum Gasteiger partial charge on any atom is 0.169 e. The van der Waals surface area contributed by atoms with E-state index in [9.17, 15) is 14.3 Å². The molecule has 0 bridgehead atoms. The number of halogens is 1. The van der Waals surface area contributed by atoms with Gasteiger partial charge in [-0.05, 0) is 76.1 Å². The van der Waals surface area contributed by atoms with E-state index in [1.807, 2.05) is 6.92 Å². The van der Waals surface area contributed by atoms with Crippen molar-refractivity contribution in [3.63, 3.8) is 0 Å². The van der Waals surface area contributed by atoms with Gasteiger partial charge in [0.2, 0.25) is 0 Å². The van der Waals surface area contributed by atoms with Gasteiger partial charge in [-0.1, -0.05) is 18.3 Å². The van der Waals surface area contributed by atoms with Crippen molar-refractivity contribution in [3.05, 3.63) is 58.7 Å². The van der Waals surface area contributed by atoms with Crippen LogP contribution in [0.25, 0.3) is 0 Å². The van der Waals surface area contributed by atoms with E-state index in [2.05, 4.69) is 21.8 Å². The van der Waals surface area contributed by atoms with Gasteiger partial charge in [-0.15, -0.1) is 0 Å². The first-order valence-electron chi connectivity index (χ1n) is 14.1. The van der Waals surface area contributed by atoms with Crippen LogP contribution in [0.2, 0.25) is 0 Å². The number of carbonyl (C=O) groups is 1. The number of β-amino-alcohol motifs (C(OH)–C–C–N with tert-alkyl or cyclic N) is 1. The normalized spacial score (nSPS) is 25.9. The number of unbranched alkanes of at least 4 members (excludes halogenated alkanes) is 1. The standard InChI is InChI=1S/C30H41FN4O4S/c1-4-33-30-27(19(2)28(40-30)25(37)7-5-6-15-35-16-14-21(36)18-35)29(32)34-24-13-8-20(31)17-26(24)39-23-11-9-22(38-3)10-12-23/h4,8,13,17,21-23,34,36H,1,5-7,9-12,14-16,18,32H2,2-3H3/b29-27+,33-30+. The highest BCUT2D eigenvalue weighted by molar-refractivity contribution is 8.19. The first-order valence-corrected chi connectivity index (χ1v) is 14.9. The molecule has 2 aliphatic heterocycles. The van der Waals surface area contributed by atoms with Gasteiger partial charge in [0.1, 0.15) is 22.4 Å². The Morgan fingerprint density at radius 3 is 2.70 bits per heavy atom. The number of ether oxygens (including phenoxy) is 2. The van der Waals surface area contributed by atoms with E-state index >= 15 is 0 Å². The van der Waals surface area contributed by atoms with E-state index in [-0.39, 0.29) is 24.1 Å². The van der Waals surface area contributed by atoms with Crippen LogP contribution < -0.4 is 15.8 Å². The Labute approximate surface area is 240 Å². The number of benzene rings is 1. The topological polar surface area (TPSA) is 109 Å². The maximum absolute atomic E-state index is 14.2. The highest BCUT2D eigenvalue weighted by Crippen LogP contribution is 2.41. The van der Waals surface area contributed by atoms with Gasteiger partial charge in [0, 0.05) is 38.9 Å². The SMILES string of the molecule is C=C/N=C1/SC(C(=O)CCCCN2CCC(O)C2)=C(C)/C1=C(/N)Nc1ccc(F)cc1OC1CCC(OC)CC1. The molecule has 2 fully saturated rings. The Kier molecular flexibility index (Phi) is 10.8. The molecule has 40 heavy (non-hydrogen) atoms. The molecule has 1 aromatic carbocycles. The molecule has 1 atom stereocenters. The molecule has 8 nitrogen and oxygen atoms in total. The molecule has 1 saturated heterocycles. The van der Waals surface area contributed by atoms with Crippen molar-refractivity contribution in [1.82, 2.24) is 4.90 Å². The van der Waals surface area contributed by atoms with Crippen molar-refractivity contribution >= 4 is 28.3 Å². The van der Waals surface area contributed by atoms with Crippen molar-refractivity contribution in [3.8, 4) is 5.75 Å². The molecular weight excluding hydrogens is 531 g/mol. The highest BCUT2D eigenvalue weighted by Gasteiger charge is 2.31. The molecule has 4 rings (SSSR count). The fraction of sp³-hybridized carbons (Fsp3) is 0.533. The summed E-state index contributed by atoms with van der Waals surface area (Å²) >= 11 is 1.30. The Morgan fingerprint density at radius 1 is 1.27 bits per heavy atom. The van der Waals surface area contributed by atoms with E-state index < -0.39 is 5.82 Å². The Balaban J connectivity index is 1.46. The van der Waals surface area contributed by atoms with E-state index in [0.717, 1.165) is 63.6 Å². The molecule has 0 spiro atoms. The summed E-state index contributed by atoms with van der Waals surface area (Å²) in [7, 11) is 1.72. The summed E-state index contributed by atoms with van der Waals surface area (Å²) < 4.78 is 25.9. The van der Waals surface area contributed by atoms with Gasteiger partial charge < -0.3 is 30.5 Å². The summed E-state index contributed by atoms with van der Waals surface area (Å²) in [4.78, 5) is 20.4. The number of nitrogens with zero attached hydrogens (tertiary/aromatic N) is 2. The predicted molar refractivity (Wildman–Crippen MR) is 159 cm³/mol. The first-order chi connectivity index (χ1) is 19.3. The fourth-order valence-corrected chi connectivity index (χ4v) is 6.63. The lowest BCUT2D eigenvalue weighted by Crippen LogP contribution is -2.28. The summed E-state index contributed by atoms with van der Waals surface area (Å²) in [6.45, 7) is 8.10. The molecule has 4 N–H and O–H groups in total. The smallest absolute Gasteiger partial charge is 0.169 e. The summed E-state index contributed by atoms with van der Waals surface area (Å²) in [5.41, 5.74) is 8.50. The second-order valence-electron chi connectivity index (χ2n) is 10.6. The second kappa shape index (κ2) is 14.3. The number of nitrogens with one attached hydrogen (secondary N) is 1. The lowest BCUT2D eigenvalue weighted by atomic mass is 9.95. The van der Waals surface area contributed by atoms with Crippen LogP contribution in [0.4, 0.5) is 10.1 Å². The number of aliphatic hydroxyl groups is 1.